The van der Waals surface area contributed by atoms with Crippen molar-refractivity contribution < 1.29 is 14.2 Å². The number of hydrogen-bond donors (Lipinski definition) is 1. The van der Waals surface area contributed by atoms with Crippen LogP contribution in [0.4, 0.5) is 4.39 Å². The average Bonchev–Trinajstić information content (AvgIpc) is 2.76. The summed E-state index contributed by atoms with van der Waals surface area (Å²) < 4.78 is 18.2. The molecule has 1 aromatic heterocycles. The van der Waals surface area contributed by atoms with Crippen LogP contribution in [0.5, 0.6) is 5.75 Å². The monoisotopic (exact) mass is 252 g/mol. The zero-order valence-corrected chi connectivity index (χ0v) is 10.4. The van der Waals surface area contributed by atoms with E-state index in [9.17, 15) is 9.50 Å². The van der Waals surface area contributed by atoms with Gasteiger partial charge < -0.3 is 9.84 Å². The summed E-state index contributed by atoms with van der Waals surface area (Å²) in [5.74, 6) is 0.364. The van der Waals surface area contributed by atoms with Gasteiger partial charge in [-0.15, -0.1) is 11.3 Å². The Kier molecular flexibility index (Phi) is 3.45. The van der Waals surface area contributed by atoms with E-state index >= 15 is 0 Å². The number of ether oxygens (including phenoxy) is 1. The van der Waals surface area contributed by atoms with Crippen molar-refractivity contribution in [3.63, 3.8) is 0 Å². The molecule has 90 valence electrons. The first-order valence-corrected chi connectivity index (χ1v) is 6.07. The highest BCUT2D eigenvalue weighted by Crippen LogP contribution is 2.35. The maximum atomic E-state index is 13.0. The van der Waals surface area contributed by atoms with Gasteiger partial charge in [-0.1, -0.05) is 6.07 Å². The van der Waals surface area contributed by atoms with Crippen molar-refractivity contribution in [1.82, 2.24) is 0 Å². The Hall–Kier alpha value is -1.39. The first kappa shape index (κ1) is 12.1. The normalized spacial score (nSPS) is 12.5. The Morgan fingerprint density at radius 3 is 2.76 bits per heavy atom. The molecule has 2 rings (SSSR count). The number of aliphatic hydroxyl groups excluding tert-OH is 1. The molecule has 0 aliphatic carbocycles. The van der Waals surface area contributed by atoms with Gasteiger partial charge in [0.2, 0.25) is 0 Å². The second-order valence-corrected chi connectivity index (χ2v) is 4.70. The van der Waals surface area contributed by atoms with Crippen LogP contribution in [-0.2, 0) is 0 Å². The number of methoxy groups -OCH3 is 1. The largest absolute Gasteiger partial charge is 0.495 e. The zero-order chi connectivity index (χ0) is 12.4. The third kappa shape index (κ3) is 2.33. The van der Waals surface area contributed by atoms with Crippen LogP contribution in [0.2, 0.25) is 0 Å². The predicted octanol–water partition coefficient (Wildman–Crippen LogP) is 3.29. The number of rotatable bonds is 3. The van der Waals surface area contributed by atoms with E-state index in [0.717, 1.165) is 10.4 Å². The van der Waals surface area contributed by atoms with E-state index in [1.165, 1.54) is 23.5 Å². The van der Waals surface area contributed by atoms with Gasteiger partial charge in [-0.3, -0.25) is 0 Å². The van der Waals surface area contributed by atoms with Gasteiger partial charge in [0.1, 0.15) is 17.7 Å². The van der Waals surface area contributed by atoms with Crippen LogP contribution in [0.3, 0.4) is 0 Å². The van der Waals surface area contributed by atoms with Gasteiger partial charge in [0.15, 0.2) is 0 Å². The van der Waals surface area contributed by atoms with Gasteiger partial charge in [-0.2, -0.15) is 0 Å². The summed E-state index contributed by atoms with van der Waals surface area (Å²) in [5.41, 5.74) is 1.43. The first-order valence-electron chi connectivity index (χ1n) is 5.19. The molecule has 1 N–H and O–H groups in total. The fraction of sp³-hybridized carbons (Fsp3) is 0.231. The zero-order valence-electron chi connectivity index (χ0n) is 9.61. The Morgan fingerprint density at radius 1 is 1.35 bits per heavy atom. The van der Waals surface area contributed by atoms with Crippen molar-refractivity contribution in [2.75, 3.05) is 7.11 Å². The van der Waals surface area contributed by atoms with E-state index in [0.29, 0.717) is 11.3 Å². The lowest BCUT2D eigenvalue weighted by molar-refractivity contribution is 0.218. The summed E-state index contributed by atoms with van der Waals surface area (Å²) >= 11 is 1.42. The Morgan fingerprint density at radius 2 is 2.12 bits per heavy atom. The van der Waals surface area contributed by atoms with Crippen molar-refractivity contribution in [3.05, 3.63) is 51.5 Å². The van der Waals surface area contributed by atoms with Gasteiger partial charge in [0.05, 0.1) is 12.0 Å². The highest BCUT2D eigenvalue weighted by molar-refractivity contribution is 7.10. The lowest BCUT2D eigenvalue weighted by Gasteiger charge is -2.13. The summed E-state index contributed by atoms with van der Waals surface area (Å²) in [6.45, 7) is 1.78. The average molecular weight is 252 g/mol. The quantitative estimate of drug-likeness (QED) is 0.908. The Labute approximate surface area is 103 Å². The molecule has 1 heterocycles. The number of hydrogen-bond acceptors (Lipinski definition) is 3. The number of benzene rings is 1. The first-order chi connectivity index (χ1) is 8.13. The van der Waals surface area contributed by atoms with Crippen LogP contribution in [0.15, 0.2) is 29.6 Å². The summed E-state index contributed by atoms with van der Waals surface area (Å²) in [4.78, 5) is 0.738. The molecule has 2 nitrogen and oxygen atoms in total. The van der Waals surface area contributed by atoms with Crippen LogP contribution in [0, 0.1) is 12.7 Å². The summed E-state index contributed by atoms with van der Waals surface area (Å²) in [5, 5.41) is 12.1. The molecule has 0 saturated carbocycles. The third-order valence-electron chi connectivity index (χ3n) is 2.65. The van der Waals surface area contributed by atoms with Gasteiger partial charge in [0.25, 0.3) is 0 Å². The topological polar surface area (TPSA) is 29.5 Å². The summed E-state index contributed by atoms with van der Waals surface area (Å²) in [7, 11) is 1.57. The van der Waals surface area contributed by atoms with Gasteiger partial charge in [-0.05, 0) is 41.6 Å². The second-order valence-electron chi connectivity index (χ2n) is 3.76. The molecule has 0 bridgehead atoms. The van der Waals surface area contributed by atoms with Crippen molar-refractivity contribution in [3.8, 4) is 5.75 Å². The minimum Gasteiger partial charge on any atom is -0.495 e. The Bertz CT molecular complexity index is 522. The number of aliphatic hydroxyl groups is 1. The molecule has 0 spiro atoms. The van der Waals surface area contributed by atoms with E-state index in [2.05, 4.69) is 0 Å². The molecular weight excluding hydrogens is 239 g/mol. The number of thiophene rings is 1. The lowest BCUT2D eigenvalue weighted by Crippen LogP contribution is -2.02. The molecule has 1 aromatic carbocycles. The standard InChI is InChI=1S/C13H13FO2S/c1-8-7-9(14)3-4-10(8)12(15)13-11(16-2)5-6-17-13/h3-7,12,15H,1-2H3. The van der Waals surface area contributed by atoms with E-state index < -0.39 is 6.10 Å². The van der Waals surface area contributed by atoms with Crippen LogP contribution in [0.25, 0.3) is 0 Å². The van der Waals surface area contributed by atoms with Crippen LogP contribution in [-0.4, -0.2) is 12.2 Å². The molecule has 17 heavy (non-hydrogen) atoms. The van der Waals surface area contributed by atoms with Crippen LogP contribution < -0.4 is 4.74 Å². The molecule has 0 saturated heterocycles. The molecule has 1 atom stereocenters. The fourth-order valence-corrected chi connectivity index (χ4v) is 2.63. The van der Waals surface area contributed by atoms with E-state index in [1.807, 2.05) is 11.4 Å². The maximum absolute atomic E-state index is 13.0. The molecule has 0 aliphatic rings. The highest BCUT2D eigenvalue weighted by Gasteiger charge is 2.18. The van der Waals surface area contributed by atoms with Gasteiger partial charge >= 0.3 is 0 Å². The molecule has 1 unspecified atom stereocenters. The molecule has 0 fully saturated rings. The summed E-state index contributed by atoms with van der Waals surface area (Å²) in [6.07, 6.45) is -0.773. The lowest BCUT2D eigenvalue weighted by atomic mass is 10.0. The second kappa shape index (κ2) is 4.85. The molecule has 4 heteroatoms. The predicted molar refractivity (Wildman–Crippen MR) is 66.1 cm³/mol. The molecule has 0 aliphatic heterocycles. The third-order valence-corrected chi connectivity index (χ3v) is 3.60. The molecule has 0 amide bonds. The fourth-order valence-electron chi connectivity index (χ4n) is 1.76. The van der Waals surface area contributed by atoms with Crippen molar-refractivity contribution in [1.29, 1.82) is 0 Å². The molecular formula is C13H13FO2S. The van der Waals surface area contributed by atoms with E-state index in [-0.39, 0.29) is 5.82 Å². The van der Waals surface area contributed by atoms with E-state index in [1.54, 1.807) is 20.1 Å². The number of halogens is 1. The van der Waals surface area contributed by atoms with Gasteiger partial charge in [-0.25, -0.2) is 4.39 Å². The SMILES string of the molecule is COc1ccsc1C(O)c1ccc(F)cc1C. The highest BCUT2D eigenvalue weighted by atomic mass is 32.1. The van der Waals surface area contributed by atoms with Crippen molar-refractivity contribution in [2.45, 2.75) is 13.0 Å². The van der Waals surface area contributed by atoms with Gasteiger partial charge in [0, 0.05) is 0 Å². The van der Waals surface area contributed by atoms with Crippen molar-refractivity contribution >= 4 is 11.3 Å². The molecule has 0 radical (unpaired) electrons. The summed E-state index contributed by atoms with van der Waals surface area (Å²) in [6, 6.07) is 6.18. The smallest absolute Gasteiger partial charge is 0.135 e. The van der Waals surface area contributed by atoms with Crippen LogP contribution >= 0.6 is 11.3 Å². The molecule has 2 aromatic rings. The minimum atomic E-state index is -0.773. The number of aryl methyl sites for hydroxylation is 1. The maximum Gasteiger partial charge on any atom is 0.135 e. The van der Waals surface area contributed by atoms with Crippen LogP contribution in [0.1, 0.15) is 22.1 Å². The van der Waals surface area contributed by atoms with E-state index in [4.69, 9.17) is 4.74 Å². The Balaban J connectivity index is 2.40. The minimum absolute atomic E-state index is 0.295. The van der Waals surface area contributed by atoms with Crippen molar-refractivity contribution in [2.24, 2.45) is 0 Å².